The van der Waals surface area contributed by atoms with Crippen LogP contribution in [0.3, 0.4) is 0 Å². The Labute approximate surface area is 174 Å². The first-order valence-corrected chi connectivity index (χ1v) is 9.03. The maximum absolute atomic E-state index is 13.1. The number of carbonyl (C=O) groups excluding carboxylic acids is 1. The van der Waals surface area contributed by atoms with Crippen molar-refractivity contribution in [3.8, 4) is 11.3 Å². The summed E-state index contributed by atoms with van der Waals surface area (Å²) in [7, 11) is 0. The second-order valence-corrected chi connectivity index (χ2v) is 6.83. The summed E-state index contributed by atoms with van der Waals surface area (Å²) < 4.78 is 23.9. The van der Waals surface area contributed by atoms with Gasteiger partial charge in [-0.1, -0.05) is 11.6 Å². The van der Waals surface area contributed by atoms with Gasteiger partial charge in [0.15, 0.2) is 5.70 Å². The predicted octanol–water partition coefficient (Wildman–Crippen LogP) is 5.30. The van der Waals surface area contributed by atoms with E-state index in [0.29, 0.717) is 28.2 Å². The molecule has 0 aliphatic carbocycles. The van der Waals surface area contributed by atoms with Crippen LogP contribution in [0, 0.1) is 22.9 Å². The minimum Gasteiger partial charge on any atom is -0.457 e. The second kappa shape index (κ2) is 7.57. The number of nitrogens with zero attached hydrogens (tertiary/aromatic N) is 2. The summed E-state index contributed by atoms with van der Waals surface area (Å²) in [6.07, 6.45) is 1.41. The maximum atomic E-state index is 13.1. The number of esters is 1. The average Bonchev–Trinajstić information content (AvgIpc) is 3.31. The van der Waals surface area contributed by atoms with Crippen molar-refractivity contribution < 1.29 is 23.3 Å². The Hall–Kier alpha value is -3.78. The van der Waals surface area contributed by atoms with Crippen LogP contribution in [0.2, 0.25) is 5.02 Å². The number of cyclic esters (lactones) is 1. The number of aliphatic imine (C=N–C) groups is 1. The molecule has 1 aliphatic heterocycles. The molecule has 4 rings (SSSR count). The van der Waals surface area contributed by atoms with Gasteiger partial charge >= 0.3 is 5.97 Å². The van der Waals surface area contributed by atoms with Crippen LogP contribution in [0.4, 0.5) is 10.1 Å². The Morgan fingerprint density at radius 3 is 2.60 bits per heavy atom. The van der Waals surface area contributed by atoms with Crippen molar-refractivity contribution in [3.05, 3.63) is 92.1 Å². The molecule has 0 bridgehead atoms. The minimum absolute atomic E-state index is 0.00943. The lowest BCUT2D eigenvalue weighted by Crippen LogP contribution is -2.05. The Balaban J connectivity index is 1.64. The highest BCUT2D eigenvalue weighted by Gasteiger charge is 2.25. The molecule has 0 amide bonds. The van der Waals surface area contributed by atoms with E-state index in [1.54, 1.807) is 19.1 Å². The van der Waals surface area contributed by atoms with E-state index >= 15 is 0 Å². The zero-order valence-corrected chi connectivity index (χ0v) is 16.1. The Morgan fingerprint density at radius 2 is 1.90 bits per heavy atom. The Kier molecular flexibility index (Phi) is 4.93. The summed E-state index contributed by atoms with van der Waals surface area (Å²) >= 11 is 6.00. The first-order valence-electron chi connectivity index (χ1n) is 8.65. The largest absolute Gasteiger partial charge is 0.457 e. The molecule has 0 unspecified atom stereocenters. The van der Waals surface area contributed by atoms with E-state index in [4.69, 9.17) is 20.8 Å². The van der Waals surface area contributed by atoms with E-state index in [2.05, 4.69) is 4.99 Å². The van der Waals surface area contributed by atoms with Crippen molar-refractivity contribution in [2.75, 3.05) is 0 Å². The van der Waals surface area contributed by atoms with Crippen molar-refractivity contribution in [2.45, 2.75) is 6.92 Å². The molecule has 2 aromatic carbocycles. The average molecular weight is 427 g/mol. The fourth-order valence-corrected chi connectivity index (χ4v) is 3.14. The highest BCUT2D eigenvalue weighted by atomic mass is 35.5. The van der Waals surface area contributed by atoms with Crippen LogP contribution in [0.15, 0.2) is 63.6 Å². The quantitative estimate of drug-likeness (QED) is 0.244. The van der Waals surface area contributed by atoms with Crippen LogP contribution in [0.5, 0.6) is 0 Å². The molecule has 0 radical (unpaired) electrons. The molecule has 0 N–H and O–H groups in total. The number of nitro benzene ring substituents is 1. The first kappa shape index (κ1) is 19.5. The van der Waals surface area contributed by atoms with Gasteiger partial charge in [0, 0.05) is 23.3 Å². The zero-order valence-electron chi connectivity index (χ0n) is 15.4. The molecular formula is C21H12ClFN2O5. The van der Waals surface area contributed by atoms with Crippen molar-refractivity contribution >= 4 is 35.2 Å². The highest BCUT2D eigenvalue weighted by molar-refractivity contribution is 6.33. The Bertz CT molecular complexity index is 1240. The molecular weight excluding hydrogens is 415 g/mol. The van der Waals surface area contributed by atoms with Crippen LogP contribution in [0.1, 0.15) is 16.9 Å². The lowest BCUT2D eigenvalue weighted by atomic mass is 10.1. The molecule has 3 aromatic rings. The number of benzene rings is 2. The molecule has 0 saturated heterocycles. The number of carbonyl (C=O) groups is 1. The number of nitro groups is 1. The van der Waals surface area contributed by atoms with E-state index in [1.165, 1.54) is 42.5 Å². The van der Waals surface area contributed by atoms with Gasteiger partial charge in [0.2, 0.25) is 5.90 Å². The van der Waals surface area contributed by atoms with Gasteiger partial charge in [-0.2, -0.15) is 0 Å². The van der Waals surface area contributed by atoms with Gasteiger partial charge < -0.3 is 9.15 Å². The fourth-order valence-electron chi connectivity index (χ4n) is 2.91. The topological polar surface area (TPSA) is 94.9 Å². The molecule has 0 atom stereocenters. The molecule has 9 heteroatoms. The van der Waals surface area contributed by atoms with E-state index < -0.39 is 16.7 Å². The summed E-state index contributed by atoms with van der Waals surface area (Å²) in [5, 5.41) is 11.0. The fraction of sp³-hybridized carbons (Fsp3) is 0.0476. The lowest BCUT2D eigenvalue weighted by Gasteiger charge is -2.04. The molecule has 2 heterocycles. The number of hydrogen-bond donors (Lipinski definition) is 0. The third kappa shape index (κ3) is 3.72. The third-order valence-electron chi connectivity index (χ3n) is 4.37. The summed E-state index contributed by atoms with van der Waals surface area (Å²) in [4.78, 5) is 26.7. The van der Waals surface area contributed by atoms with Gasteiger partial charge in [0.05, 0.1) is 4.92 Å². The molecule has 1 aliphatic rings. The lowest BCUT2D eigenvalue weighted by molar-refractivity contribution is -0.384. The van der Waals surface area contributed by atoms with Crippen molar-refractivity contribution in [1.29, 1.82) is 0 Å². The zero-order chi connectivity index (χ0) is 21.4. The second-order valence-electron chi connectivity index (χ2n) is 6.42. The van der Waals surface area contributed by atoms with Crippen molar-refractivity contribution in [2.24, 2.45) is 4.99 Å². The van der Waals surface area contributed by atoms with E-state index in [-0.39, 0.29) is 22.3 Å². The van der Waals surface area contributed by atoms with Crippen LogP contribution in [-0.2, 0) is 9.53 Å². The standard InChI is InChI=1S/C21H12ClFN2O5/c1-11-8-18(25(27)28)16(22)10-15(11)19-7-6-14(29-19)9-17-21(26)30-20(24-17)12-2-4-13(23)5-3-12/h2-10H,1H3/b17-9-. The predicted molar refractivity (Wildman–Crippen MR) is 108 cm³/mol. The number of hydrogen-bond acceptors (Lipinski definition) is 6. The monoisotopic (exact) mass is 426 g/mol. The van der Waals surface area contributed by atoms with Gasteiger partial charge in [-0.3, -0.25) is 10.1 Å². The molecule has 150 valence electrons. The summed E-state index contributed by atoms with van der Waals surface area (Å²) in [6.45, 7) is 1.70. The summed E-state index contributed by atoms with van der Waals surface area (Å²) in [6, 6.07) is 11.5. The van der Waals surface area contributed by atoms with Gasteiger partial charge in [0.25, 0.3) is 5.69 Å². The van der Waals surface area contributed by atoms with Gasteiger partial charge in [-0.25, -0.2) is 14.2 Å². The molecule has 30 heavy (non-hydrogen) atoms. The van der Waals surface area contributed by atoms with Crippen molar-refractivity contribution in [1.82, 2.24) is 0 Å². The normalized spacial score (nSPS) is 14.7. The maximum Gasteiger partial charge on any atom is 0.363 e. The van der Waals surface area contributed by atoms with E-state index in [0.717, 1.165) is 0 Å². The van der Waals surface area contributed by atoms with Gasteiger partial charge in [-0.05, 0) is 55.0 Å². The first-order chi connectivity index (χ1) is 14.3. The third-order valence-corrected chi connectivity index (χ3v) is 4.68. The minimum atomic E-state index is -0.665. The molecule has 0 saturated carbocycles. The molecule has 1 aromatic heterocycles. The molecule has 7 nitrogen and oxygen atoms in total. The van der Waals surface area contributed by atoms with E-state index in [9.17, 15) is 19.3 Å². The number of rotatable bonds is 4. The molecule has 0 spiro atoms. The van der Waals surface area contributed by atoms with Crippen LogP contribution < -0.4 is 0 Å². The Morgan fingerprint density at radius 1 is 1.17 bits per heavy atom. The van der Waals surface area contributed by atoms with E-state index in [1.807, 2.05) is 0 Å². The van der Waals surface area contributed by atoms with Crippen LogP contribution in [0.25, 0.3) is 17.4 Å². The highest BCUT2D eigenvalue weighted by Crippen LogP contribution is 2.34. The number of furan rings is 1. The SMILES string of the molecule is Cc1cc([N+](=O)[O-])c(Cl)cc1-c1ccc(/C=C2\N=C(c3ccc(F)cc3)OC2=O)o1. The summed E-state index contributed by atoms with van der Waals surface area (Å²) in [5.41, 5.74) is 1.48. The number of halogens is 2. The molecule has 0 fully saturated rings. The number of ether oxygens (including phenoxy) is 1. The summed E-state index contributed by atoms with van der Waals surface area (Å²) in [5.74, 6) is -0.262. The van der Waals surface area contributed by atoms with Crippen LogP contribution >= 0.6 is 11.6 Å². The van der Waals surface area contributed by atoms with Crippen molar-refractivity contribution in [3.63, 3.8) is 0 Å². The van der Waals surface area contributed by atoms with Gasteiger partial charge in [0.1, 0.15) is 22.4 Å². The smallest absolute Gasteiger partial charge is 0.363 e. The number of aryl methyl sites for hydroxylation is 1. The van der Waals surface area contributed by atoms with Gasteiger partial charge in [-0.15, -0.1) is 0 Å². The van der Waals surface area contributed by atoms with Crippen LogP contribution in [-0.4, -0.2) is 16.8 Å².